The smallest absolute Gasteiger partial charge is 0.276 e. The Morgan fingerprint density at radius 1 is 1.30 bits per heavy atom. The van der Waals surface area contributed by atoms with E-state index in [1.54, 1.807) is 6.07 Å². The largest absolute Gasteiger partial charge is 0.503 e. The second kappa shape index (κ2) is 9.04. The summed E-state index contributed by atoms with van der Waals surface area (Å²) in [5, 5.41) is 12.9. The van der Waals surface area contributed by atoms with Crippen LogP contribution in [0.15, 0.2) is 29.5 Å². The topological polar surface area (TPSA) is 127 Å². The molecular weight excluding hydrogens is 390 g/mol. The van der Waals surface area contributed by atoms with E-state index in [4.69, 9.17) is 4.74 Å². The lowest BCUT2D eigenvalue weighted by molar-refractivity contribution is -0.112. The number of carbonyl (C=O) groups is 2. The third-order valence-electron chi connectivity index (χ3n) is 4.95. The maximum atomic E-state index is 12.8. The number of nitrogens with one attached hydrogen (secondary N) is 1. The van der Waals surface area contributed by atoms with E-state index >= 15 is 0 Å². The van der Waals surface area contributed by atoms with Crippen LogP contribution in [-0.4, -0.2) is 55.2 Å². The van der Waals surface area contributed by atoms with Crippen LogP contribution in [0.2, 0.25) is 0 Å². The molecule has 2 amide bonds. The van der Waals surface area contributed by atoms with Crippen LogP contribution in [0.1, 0.15) is 53.9 Å². The number of fused-ring (bicyclic) bond motifs is 2. The van der Waals surface area contributed by atoms with E-state index in [1.807, 2.05) is 20.8 Å². The molecule has 0 saturated carbocycles. The minimum atomic E-state index is -0.893. The van der Waals surface area contributed by atoms with Crippen molar-refractivity contribution in [1.82, 2.24) is 24.8 Å². The molecule has 2 aromatic rings. The van der Waals surface area contributed by atoms with Crippen molar-refractivity contribution in [3.8, 4) is 5.75 Å². The van der Waals surface area contributed by atoms with E-state index in [2.05, 4.69) is 15.3 Å². The summed E-state index contributed by atoms with van der Waals surface area (Å²) in [6.45, 7) is 6.66. The third-order valence-corrected chi connectivity index (χ3v) is 4.95. The predicted molar refractivity (Wildman–Crippen MR) is 107 cm³/mol. The summed E-state index contributed by atoms with van der Waals surface area (Å²) in [6, 6.07) is 1.58. The quantitative estimate of drug-likeness (QED) is 0.762. The molecule has 2 aromatic heterocycles. The molecule has 1 unspecified atom stereocenters. The fourth-order valence-electron chi connectivity index (χ4n) is 3.50. The first-order valence-corrected chi connectivity index (χ1v) is 9.92. The fraction of sp³-hybridized carbons (Fsp3) is 0.450. The van der Waals surface area contributed by atoms with Gasteiger partial charge in [0.15, 0.2) is 17.7 Å². The molecule has 2 atom stereocenters. The number of rotatable bonds is 3. The van der Waals surface area contributed by atoms with Gasteiger partial charge >= 0.3 is 0 Å². The summed E-state index contributed by atoms with van der Waals surface area (Å²) in [5.74, 6) is -1.52. The predicted octanol–water partition coefficient (Wildman–Crippen LogP) is 0.891. The average Bonchev–Trinajstić information content (AvgIpc) is 2.76. The van der Waals surface area contributed by atoms with E-state index in [1.165, 1.54) is 28.1 Å². The lowest BCUT2D eigenvalue weighted by Gasteiger charge is -2.44. The minimum absolute atomic E-state index is 0.0254. The van der Waals surface area contributed by atoms with Crippen molar-refractivity contribution in [2.45, 2.75) is 52.6 Å². The van der Waals surface area contributed by atoms with Crippen molar-refractivity contribution in [2.75, 3.05) is 6.61 Å². The Labute approximate surface area is 173 Å². The molecule has 2 N–H and O–H groups in total. The Bertz CT molecular complexity index is 991. The molecule has 0 aliphatic carbocycles. The molecule has 4 heterocycles. The number of ether oxygens (including phenoxy) is 1. The number of carbonyl (C=O) groups excluding carboxylic acids is 2. The van der Waals surface area contributed by atoms with Crippen molar-refractivity contribution in [3.63, 3.8) is 0 Å². The Balaban J connectivity index is 0.00000124. The van der Waals surface area contributed by atoms with Crippen LogP contribution in [0.5, 0.6) is 5.75 Å². The summed E-state index contributed by atoms with van der Waals surface area (Å²) >= 11 is 0. The molecule has 1 fully saturated rings. The van der Waals surface area contributed by atoms with Crippen LogP contribution in [0.25, 0.3) is 0 Å². The van der Waals surface area contributed by atoms with E-state index in [9.17, 15) is 19.5 Å². The van der Waals surface area contributed by atoms with Gasteiger partial charge in [0, 0.05) is 24.6 Å². The zero-order chi connectivity index (χ0) is 21.8. The molecule has 10 nitrogen and oxygen atoms in total. The van der Waals surface area contributed by atoms with Crippen LogP contribution in [-0.2, 0) is 17.8 Å². The van der Waals surface area contributed by atoms with Gasteiger partial charge in [-0.05, 0) is 19.4 Å². The monoisotopic (exact) mass is 415 g/mol. The summed E-state index contributed by atoms with van der Waals surface area (Å²) in [7, 11) is 0. The first kappa shape index (κ1) is 21.4. The van der Waals surface area contributed by atoms with Gasteiger partial charge in [0.25, 0.3) is 11.8 Å². The number of amides is 2. The summed E-state index contributed by atoms with van der Waals surface area (Å²) in [4.78, 5) is 47.3. The van der Waals surface area contributed by atoms with Crippen LogP contribution in [0.4, 0.5) is 0 Å². The molecule has 0 radical (unpaired) electrons. The molecule has 0 bridgehead atoms. The number of nitrogens with zero attached hydrogens (tertiary/aromatic N) is 4. The molecule has 4 rings (SSSR count). The van der Waals surface area contributed by atoms with Crippen molar-refractivity contribution in [2.24, 2.45) is 0 Å². The van der Waals surface area contributed by atoms with Gasteiger partial charge in [-0.3, -0.25) is 14.4 Å². The van der Waals surface area contributed by atoms with Crippen LogP contribution < -0.4 is 10.7 Å². The van der Waals surface area contributed by atoms with Crippen LogP contribution in [0.3, 0.4) is 0 Å². The average molecular weight is 415 g/mol. The molecule has 2 aliphatic rings. The molecule has 160 valence electrons. The van der Waals surface area contributed by atoms with Crippen LogP contribution in [0, 0.1) is 0 Å². The van der Waals surface area contributed by atoms with E-state index in [-0.39, 0.29) is 30.4 Å². The molecule has 0 spiro atoms. The third kappa shape index (κ3) is 3.90. The Hall–Kier alpha value is -3.27. The number of pyridine rings is 1. The van der Waals surface area contributed by atoms with E-state index in [0.717, 1.165) is 0 Å². The highest BCUT2D eigenvalue weighted by Crippen LogP contribution is 2.29. The lowest BCUT2D eigenvalue weighted by Crippen LogP contribution is -2.57. The molecule has 30 heavy (non-hydrogen) atoms. The molecular formula is C20H25N5O5. The first-order valence-electron chi connectivity index (χ1n) is 9.92. The number of aromatic nitrogens is 3. The second-order valence-electron chi connectivity index (χ2n) is 6.74. The summed E-state index contributed by atoms with van der Waals surface area (Å²) in [6.07, 6.45) is 4.54. The van der Waals surface area contributed by atoms with Gasteiger partial charge in [0.05, 0.1) is 19.7 Å². The molecule has 0 aromatic carbocycles. The number of aromatic hydroxyl groups is 1. The lowest BCUT2D eigenvalue weighted by atomic mass is 10.1. The van der Waals surface area contributed by atoms with Gasteiger partial charge in [0.2, 0.25) is 5.43 Å². The normalized spacial score (nSPS) is 19.8. The highest BCUT2D eigenvalue weighted by Gasteiger charge is 2.41. The molecule has 10 heteroatoms. The summed E-state index contributed by atoms with van der Waals surface area (Å²) in [5.41, 5.74) is -1.28. The van der Waals surface area contributed by atoms with Gasteiger partial charge < -0.3 is 24.6 Å². The molecule has 2 aliphatic heterocycles. The van der Waals surface area contributed by atoms with E-state index < -0.39 is 29.2 Å². The van der Waals surface area contributed by atoms with Crippen LogP contribution >= 0.6 is 0 Å². The van der Waals surface area contributed by atoms with Gasteiger partial charge in [-0.15, -0.1) is 0 Å². The van der Waals surface area contributed by atoms with E-state index in [0.29, 0.717) is 18.9 Å². The summed E-state index contributed by atoms with van der Waals surface area (Å²) < 4.78 is 7.07. The van der Waals surface area contributed by atoms with Gasteiger partial charge in [-0.2, -0.15) is 0 Å². The zero-order valence-electron chi connectivity index (χ0n) is 17.2. The Morgan fingerprint density at radius 2 is 2.00 bits per heavy atom. The maximum absolute atomic E-state index is 12.8. The SMILES string of the molecule is CC.C[C@@H]1CCOC2Cn3cc(C(=O)NCc4ncccn4)c(=O)c(O)c3C(=O)N21. The first-order chi connectivity index (χ1) is 14.5. The fourth-order valence-corrected chi connectivity index (χ4v) is 3.50. The van der Waals surface area contributed by atoms with Gasteiger partial charge in [-0.25, -0.2) is 9.97 Å². The minimum Gasteiger partial charge on any atom is -0.503 e. The standard InChI is InChI=1S/C18H19N5O5.C2H6/c1-10-3-6-28-13-9-22-8-11(15(24)16(25)14(22)18(27)23(10)13)17(26)21-7-12-19-4-2-5-20-12;1-2/h2,4-5,8,10,13,25H,3,6-7,9H2,1H3,(H,21,26);1-2H3/t10-,13?;/m1./s1. The number of hydrogen-bond acceptors (Lipinski definition) is 7. The Kier molecular flexibility index (Phi) is 6.46. The van der Waals surface area contributed by atoms with Crippen molar-refractivity contribution < 1.29 is 19.4 Å². The van der Waals surface area contributed by atoms with Crippen molar-refractivity contribution >= 4 is 11.8 Å². The van der Waals surface area contributed by atoms with Crippen molar-refractivity contribution in [3.05, 3.63) is 52.0 Å². The second-order valence-corrected chi connectivity index (χ2v) is 6.74. The highest BCUT2D eigenvalue weighted by atomic mass is 16.5. The van der Waals surface area contributed by atoms with Gasteiger partial charge in [-0.1, -0.05) is 13.8 Å². The maximum Gasteiger partial charge on any atom is 0.276 e. The van der Waals surface area contributed by atoms with Crippen molar-refractivity contribution in [1.29, 1.82) is 0 Å². The zero-order valence-corrected chi connectivity index (χ0v) is 17.2. The highest BCUT2D eigenvalue weighted by molar-refractivity contribution is 5.99. The number of hydrogen-bond donors (Lipinski definition) is 2. The molecule has 1 saturated heterocycles. The van der Waals surface area contributed by atoms with Gasteiger partial charge in [0.1, 0.15) is 11.4 Å². The Morgan fingerprint density at radius 3 is 2.70 bits per heavy atom.